The fourth-order valence-corrected chi connectivity index (χ4v) is 2.75. The lowest BCUT2D eigenvalue weighted by Crippen LogP contribution is -2.21. The van der Waals surface area contributed by atoms with Crippen molar-refractivity contribution < 1.29 is 13.9 Å². The van der Waals surface area contributed by atoms with Crippen LogP contribution in [0.3, 0.4) is 0 Å². The molecule has 25 heavy (non-hydrogen) atoms. The molecule has 5 nitrogen and oxygen atoms in total. The molecule has 128 valence electrons. The average molecular weight is 358 g/mol. The maximum Gasteiger partial charge on any atom is 0.349 e. The van der Waals surface area contributed by atoms with Gasteiger partial charge in [0.2, 0.25) is 0 Å². The molecule has 1 amide bonds. The molecular weight excluding hydrogens is 342 g/mol. The number of hydrogen-bond donors (Lipinski definition) is 1. The van der Waals surface area contributed by atoms with Crippen molar-refractivity contribution in [3.63, 3.8) is 0 Å². The Labute approximate surface area is 149 Å². The Morgan fingerprint density at radius 3 is 2.64 bits per heavy atom. The highest BCUT2D eigenvalue weighted by Gasteiger charge is 2.17. The molecular formula is C19H16ClNO4. The average Bonchev–Trinajstić information content (AvgIpc) is 2.57. The Balaban J connectivity index is 2.06. The van der Waals surface area contributed by atoms with Crippen molar-refractivity contribution in [2.75, 3.05) is 12.4 Å². The first-order chi connectivity index (χ1) is 11.9. The minimum atomic E-state index is -0.740. The van der Waals surface area contributed by atoms with Gasteiger partial charge in [0.1, 0.15) is 5.56 Å². The van der Waals surface area contributed by atoms with E-state index in [4.69, 9.17) is 20.8 Å². The van der Waals surface area contributed by atoms with Crippen LogP contribution in [0, 0.1) is 13.8 Å². The molecule has 3 rings (SSSR count). The van der Waals surface area contributed by atoms with Crippen LogP contribution in [0.4, 0.5) is 5.69 Å². The van der Waals surface area contributed by atoms with Crippen molar-refractivity contribution >= 4 is 34.2 Å². The van der Waals surface area contributed by atoms with Crippen molar-refractivity contribution in [1.82, 2.24) is 0 Å². The normalized spacial score (nSPS) is 10.7. The number of halogens is 1. The van der Waals surface area contributed by atoms with Crippen LogP contribution in [0.5, 0.6) is 5.75 Å². The number of rotatable bonds is 3. The summed E-state index contributed by atoms with van der Waals surface area (Å²) in [4.78, 5) is 24.8. The highest BCUT2D eigenvalue weighted by molar-refractivity contribution is 6.31. The van der Waals surface area contributed by atoms with E-state index in [1.165, 1.54) is 13.2 Å². The summed E-state index contributed by atoms with van der Waals surface area (Å²) in [6.07, 6.45) is 0. The molecule has 3 aromatic rings. The van der Waals surface area contributed by atoms with E-state index < -0.39 is 11.5 Å². The first-order valence-electron chi connectivity index (χ1n) is 7.59. The quantitative estimate of drug-likeness (QED) is 0.708. The monoisotopic (exact) mass is 357 g/mol. The zero-order valence-electron chi connectivity index (χ0n) is 14.0. The third-order valence-corrected chi connectivity index (χ3v) is 4.09. The molecule has 0 bridgehead atoms. The summed E-state index contributed by atoms with van der Waals surface area (Å²) in [5.74, 6) is -0.204. The van der Waals surface area contributed by atoms with Gasteiger partial charge in [-0.2, -0.15) is 0 Å². The lowest BCUT2D eigenvalue weighted by Gasteiger charge is -2.10. The Morgan fingerprint density at radius 1 is 1.16 bits per heavy atom. The maximum absolute atomic E-state index is 12.5. The van der Waals surface area contributed by atoms with Crippen molar-refractivity contribution in [2.24, 2.45) is 0 Å². The van der Waals surface area contributed by atoms with Gasteiger partial charge in [-0.05, 0) is 43.2 Å². The standard InChI is InChI=1S/C19H16ClNO4/c1-10-4-5-11(2)15(6-10)21-18(22)14-8-12-7-13(20)9-16(24-3)17(12)25-19(14)23/h4-9H,1-3H3,(H,21,22). The van der Waals surface area contributed by atoms with Crippen LogP contribution in [-0.4, -0.2) is 13.0 Å². The number of carbonyl (C=O) groups excluding carboxylic acids is 1. The number of benzene rings is 2. The predicted molar refractivity (Wildman–Crippen MR) is 97.9 cm³/mol. The Bertz CT molecular complexity index is 1040. The SMILES string of the molecule is COc1cc(Cl)cc2cc(C(=O)Nc3cc(C)ccc3C)c(=O)oc12. The number of nitrogens with one attached hydrogen (secondary N) is 1. The maximum atomic E-state index is 12.5. The van der Waals surface area contributed by atoms with Gasteiger partial charge < -0.3 is 14.5 Å². The molecule has 2 aromatic carbocycles. The second kappa shape index (κ2) is 6.61. The van der Waals surface area contributed by atoms with Crippen LogP contribution in [0.1, 0.15) is 21.5 Å². The largest absolute Gasteiger partial charge is 0.493 e. The first kappa shape index (κ1) is 17.0. The van der Waals surface area contributed by atoms with Crippen molar-refractivity contribution in [2.45, 2.75) is 13.8 Å². The van der Waals surface area contributed by atoms with E-state index in [-0.39, 0.29) is 11.1 Å². The van der Waals surface area contributed by atoms with E-state index in [0.717, 1.165) is 11.1 Å². The van der Waals surface area contributed by atoms with Crippen molar-refractivity contribution in [1.29, 1.82) is 0 Å². The zero-order chi connectivity index (χ0) is 18.1. The highest BCUT2D eigenvalue weighted by Crippen LogP contribution is 2.29. The summed E-state index contributed by atoms with van der Waals surface area (Å²) >= 11 is 6.04. The summed E-state index contributed by atoms with van der Waals surface area (Å²) in [6, 6.07) is 10.3. The molecule has 0 radical (unpaired) electrons. The van der Waals surface area contributed by atoms with Crippen LogP contribution in [0.2, 0.25) is 5.02 Å². The lowest BCUT2D eigenvalue weighted by molar-refractivity contribution is 0.102. The molecule has 0 fully saturated rings. The van der Waals surface area contributed by atoms with E-state index in [9.17, 15) is 9.59 Å². The van der Waals surface area contributed by atoms with E-state index in [0.29, 0.717) is 21.8 Å². The van der Waals surface area contributed by atoms with Gasteiger partial charge in [0.25, 0.3) is 5.91 Å². The third-order valence-electron chi connectivity index (χ3n) is 3.87. The molecule has 0 saturated heterocycles. The second-order valence-corrected chi connectivity index (χ2v) is 6.18. The number of aryl methyl sites for hydroxylation is 2. The van der Waals surface area contributed by atoms with Crippen LogP contribution in [-0.2, 0) is 0 Å². The third kappa shape index (κ3) is 3.37. The molecule has 0 aliphatic rings. The van der Waals surface area contributed by atoms with Crippen LogP contribution in [0.25, 0.3) is 11.0 Å². The molecule has 1 heterocycles. The van der Waals surface area contributed by atoms with E-state index in [1.807, 2.05) is 32.0 Å². The number of carbonyl (C=O) groups is 1. The van der Waals surface area contributed by atoms with E-state index in [1.54, 1.807) is 12.1 Å². The Kier molecular flexibility index (Phi) is 4.51. The number of methoxy groups -OCH3 is 1. The Morgan fingerprint density at radius 2 is 1.92 bits per heavy atom. The fraction of sp³-hybridized carbons (Fsp3) is 0.158. The Hall–Kier alpha value is -2.79. The van der Waals surface area contributed by atoms with Crippen LogP contribution in [0.15, 0.2) is 45.6 Å². The number of ether oxygens (including phenoxy) is 1. The summed E-state index contributed by atoms with van der Waals surface area (Å²) in [6.45, 7) is 3.80. The molecule has 0 aliphatic heterocycles. The van der Waals surface area contributed by atoms with Gasteiger partial charge in [0.15, 0.2) is 11.3 Å². The summed E-state index contributed by atoms with van der Waals surface area (Å²) in [5, 5.41) is 3.68. The summed E-state index contributed by atoms with van der Waals surface area (Å²) in [7, 11) is 1.45. The summed E-state index contributed by atoms with van der Waals surface area (Å²) in [5.41, 5.74) is 1.96. The second-order valence-electron chi connectivity index (χ2n) is 5.75. The molecule has 0 aliphatic carbocycles. The minimum Gasteiger partial charge on any atom is -0.493 e. The van der Waals surface area contributed by atoms with Gasteiger partial charge in [-0.3, -0.25) is 4.79 Å². The molecule has 0 atom stereocenters. The number of anilines is 1. The molecule has 0 unspecified atom stereocenters. The van der Waals surface area contributed by atoms with Crippen molar-refractivity contribution in [3.05, 3.63) is 68.5 Å². The van der Waals surface area contributed by atoms with Gasteiger partial charge in [0.05, 0.1) is 7.11 Å². The van der Waals surface area contributed by atoms with Gasteiger partial charge in [-0.1, -0.05) is 23.7 Å². The molecule has 1 aromatic heterocycles. The van der Waals surface area contributed by atoms with E-state index in [2.05, 4.69) is 5.32 Å². The molecule has 1 N–H and O–H groups in total. The number of hydrogen-bond acceptors (Lipinski definition) is 4. The number of amides is 1. The van der Waals surface area contributed by atoms with Gasteiger partial charge in [0, 0.05) is 22.2 Å². The highest BCUT2D eigenvalue weighted by atomic mass is 35.5. The predicted octanol–water partition coefficient (Wildman–Crippen LogP) is 4.32. The van der Waals surface area contributed by atoms with Gasteiger partial charge >= 0.3 is 5.63 Å². The lowest BCUT2D eigenvalue weighted by atomic mass is 10.1. The van der Waals surface area contributed by atoms with E-state index >= 15 is 0 Å². The molecule has 0 saturated carbocycles. The first-order valence-corrected chi connectivity index (χ1v) is 7.97. The fourth-order valence-electron chi connectivity index (χ4n) is 2.54. The van der Waals surface area contributed by atoms with Gasteiger partial charge in [-0.25, -0.2) is 4.79 Å². The van der Waals surface area contributed by atoms with Crippen LogP contribution >= 0.6 is 11.6 Å². The van der Waals surface area contributed by atoms with Gasteiger partial charge in [-0.15, -0.1) is 0 Å². The summed E-state index contributed by atoms with van der Waals surface area (Å²) < 4.78 is 10.5. The van der Waals surface area contributed by atoms with Crippen molar-refractivity contribution in [3.8, 4) is 5.75 Å². The topological polar surface area (TPSA) is 68.5 Å². The molecule has 0 spiro atoms. The van der Waals surface area contributed by atoms with Crippen LogP contribution < -0.4 is 15.7 Å². The zero-order valence-corrected chi connectivity index (χ0v) is 14.7. The number of fused-ring (bicyclic) bond motifs is 1. The smallest absolute Gasteiger partial charge is 0.349 e. The minimum absolute atomic E-state index is 0.0993. The molecule has 6 heteroatoms.